The number of aliphatic carboxylic acids is 1. The van der Waals surface area contributed by atoms with Crippen LogP contribution in [-0.4, -0.2) is 89.9 Å². The van der Waals surface area contributed by atoms with Crippen LogP contribution in [-0.2, 0) is 23.9 Å². The monoisotopic (exact) mass is 570 g/mol. The molecule has 0 amide bonds. The minimum Gasteiger partial charge on any atom is -0.504 e. The lowest BCUT2D eigenvalue weighted by atomic mass is 9.67. The molecule has 2 aromatic rings. The van der Waals surface area contributed by atoms with E-state index in [4.69, 9.17) is 9.47 Å². The van der Waals surface area contributed by atoms with Gasteiger partial charge in [0.05, 0.1) is 12.2 Å². The molecule has 0 radical (unpaired) electrons. The zero-order chi connectivity index (χ0) is 29.9. The van der Waals surface area contributed by atoms with Crippen molar-refractivity contribution in [2.75, 3.05) is 6.61 Å². The number of ether oxygens (including phenoxy) is 2. The molecule has 7 N–H and O–H groups in total. The Bertz CT molecular complexity index is 1380. The van der Waals surface area contributed by atoms with Gasteiger partial charge in [0.2, 0.25) is 0 Å². The number of ketones is 2. The SMILES string of the molecule is O=C(/C=C\c1ccc(O)c(O)c1)CO[C@@]1(C(=O)O)C[C@@H](O)[C@@H](O)[C@@H]2O[C@@H](C(=O)/C=C/c3ccc(O)c(O)c3)CC[C@H]21. The molecule has 41 heavy (non-hydrogen) atoms. The summed E-state index contributed by atoms with van der Waals surface area (Å²) in [6.07, 6.45) is -0.761. The molecule has 0 spiro atoms. The number of carbonyl (C=O) groups is 3. The van der Waals surface area contributed by atoms with Gasteiger partial charge < -0.3 is 45.2 Å². The van der Waals surface area contributed by atoms with Gasteiger partial charge in [-0.2, -0.15) is 0 Å². The number of aliphatic hydroxyl groups is 2. The van der Waals surface area contributed by atoms with Crippen molar-refractivity contribution in [1.29, 1.82) is 0 Å². The van der Waals surface area contributed by atoms with Crippen LogP contribution in [0.1, 0.15) is 30.4 Å². The van der Waals surface area contributed by atoms with Gasteiger partial charge >= 0.3 is 5.97 Å². The standard InChI is InChI=1S/C29H30O12/c30-17(5-1-15-2-7-19(31)22(34)11-15)14-40-29(28(38)39)13-24(36)26(37)27-18(29)6-10-25(41-27)21(33)9-4-16-3-8-20(32)23(35)12-16/h1-5,7-9,11-12,18,24-27,31-32,34-37H,6,10,13-14H2,(H,38,39)/b5-1-,9-4+/t18-,24-,25-,26-,27-,29+/m1/s1. The second-order valence-corrected chi connectivity index (χ2v) is 10.1. The molecule has 4 rings (SSSR count). The largest absolute Gasteiger partial charge is 0.504 e. The van der Waals surface area contributed by atoms with Crippen LogP contribution in [0.15, 0.2) is 48.6 Å². The maximum atomic E-state index is 12.8. The highest BCUT2D eigenvalue weighted by molar-refractivity contribution is 5.97. The Labute approximate surface area is 234 Å². The Hall–Kier alpha value is -4.23. The van der Waals surface area contributed by atoms with Gasteiger partial charge in [0, 0.05) is 12.3 Å². The highest BCUT2D eigenvalue weighted by Crippen LogP contribution is 2.45. The maximum Gasteiger partial charge on any atom is 0.336 e. The summed E-state index contributed by atoms with van der Waals surface area (Å²) in [5.41, 5.74) is -1.27. The fourth-order valence-electron chi connectivity index (χ4n) is 5.16. The molecule has 1 heterocycles. The van der Waals surface area contributed by atoms with Crippen molar-refractivity contribution >= 4 is 29.7 Å². The van der Waals surface area contributed by atoms with E-state index in [0.29, 0.717) is 11.1 Å². The third-order valence-electron chi connectivity index (χ3n) is 7.35. The summed E-state index contributed by atoms with van der Waals surface area (Å²) in [5, 5.41) is 69.4. The van der Waals surface area contributed by atoms with Crippen molar-refractivity contribution in [3.05, 3.63) is 59.7 Å². The molecule has 1 aliphatic heterocycles. The molecule has 2 fully saturated rings. The van der Waals surface area contributed by atoms with Gasteiger partial charge in [-0.15, -0.1) is 0 Å². The third kappa shape index (κ3) is 6.41. The van der Waals surface area contributed by atoms with E-state index in [9.17, 15) is 50.1 Å². The molecule has 1 saturated carbocycles. The molecule has 1 aliphatic carbocycles. The minimum atomic E-state index is -2.09. The number of aliphatic hydroxyl groups excluding tert-OH is 2. The quantitative estimate of drug-likeness (QED) is 0.169. The summed E-state index contributed by atoms with van der Waals surface area (Å²) < 4.78 is 11.5. The van der Waals surface area contributed by atoms with Gasteiger partial charge in [-0.3, -0.25) is 9.59 Å². The van der Waals surface area contributed by atoms with Crippen molar-refractivity contribution < 1.29 is 59.6 Å². The second-order valence-electron chi connectivity index (χ2n) is 10.1. The topological polar surface area (TPSA) is 211 Å². The zero-order valence-electron chi connectivity index (χ0n) is 21.7. The average Bonchev–Trinajstić information content (AvgIpc) is 2.95. The molecular weight excluding hydrogens is 540 g/mol. The Morgan fingerprint density at radius 1 is 0.878 bits per heavy atom. The third-order valence-corrected chi connectivity index (χ3v) is 7.35. The zero-order valence-corrected chi connectivity index (χ0v) is 21.7. The molecule has 0 unspecified atom stereocenters. The lowest BCUT2D eigenvalue weighted by Crippen LogP contribution is -2.66. The number of hydrogen-bond donors (Lipinski definition) is 7. The molecule has 0 bridgehead atoms. The van der Waals surface area contributed by atoms with E-state index in [1.165, 1.54) is 54.6 Å². The van der Waals surface area contributed by atoms with E-state index in [1.807, 2.05) is 0 Å². The van der Waals surface area contributed by atoms with E-state index >= 15 is 0 Å². The number of fused-ring (bicyclic) bond motifs is 1. The number of aromatic hydroxyl groups is 4. The first kappa shape index (κ1) is 29.7. The van der Waals surface area contributed by atoms with Gasteiger partial charge in [0.25, 0.3) is 0 Å². The number of carbonyl (C=O) groups excluding carboxylic acids is 2. The first-order chi connectivity index (χ1) is 19.4. The van der Waals surface area contributed by atoms with Gasteiger partial charge in [-0.25, -0.2) is 4.79 Å². The van der Waals surface area contributed by atoms with Crippen LogP contribution in [0.25, 0.3) is 12.2 Å². The maximum absolute atomic E-state index is 12.8. The summed E-state index contributed by atoms with van der Waals surface area (Å²) in [7, 11) is 0. The van der Waals surface area contributed by atoms with Crippen LogP contribution in [0.4, 0.5) is 0 Å². The lowest BCUT2D eigenvalue weighted by molar-refractivity contribution is -0.250. The van der Waals surface area contributed by atoms with Gasteiger partial charge in [0.15, 0.2) is 40.2 Å². The number of rotatable bonds is 9. The fraction of sp³-hybridized carbons (Fsp3) is 0.345. The van der Waals surface area contributed by atoms with Crippen LogP contribution in [0.3, 0.4) is 0 Å². The number of carboxylic acid groups (broad SMARTS) is 1. The Morgan fingerprint density at radius 3 is 2.02 bits per heavy atom. The molecule has 2 aromatic carbocycles. The molecule has 1 saturated heterocycles. The molecule has 0 aromatic heterocycles. The highest BCUT2D eigenvalue weighted by atomic mass is 16.5. The highest BCUT2D eigenvalue weighted by Gasteiger charge is 2.60. The number of phenolic OH excluding ortho intramolecular Hbond substituents is 4. The molecule has 218 valence electrons. The van der Waals surface area contributed by atoms with Crippen molar-refractivity contribution in [3.63, 3.8) is 0 Å². The predicted molar refractivity (Wildman–Crippen MR) is 142 cm³/mol. The minimum absolute atomic E-state index is 0.0712. The van der Waals surface area contributed by atoms with Gasteiger partial charge in [0.1, 0.15) is 18.8 Å². The van der Waals surface area contributed by atoms with Crippen LogP contribution >= 0.6 is 0 Å². The van der Waals surface area contributed by atoms with Crippen LogP contribution < -0.4 is 0 Å². The van der Waals surface area contributed by atoms with E-state index in [-0.39, 0.29) is 35.8 Å². The number of hydrogen-bond acceptors (Lipinski definition) is 11. The summed E-state index contributed by atoms with van der Waals surface area (Å²) in [4.78, 5) is 37.8. The van der Waals surface area contributed by atoms with E-state index < -0.39 is 66.5 Å². The van der Waals surface area contributed by atoms with Crippen molar-refractivity contribution in [1.82, 2.24) is 0 Å². The number of carboxylic acids is 1. The fourth-order valence-corrected chi connectivity index (χ4v) is 5.16. The summed E-state index contributed by atoms with van der Waals surface area (Å²) in [6.45, 7) is -0.677. The molecule has 12 nitrogen and oxygen atoms in total. The second kappa shape index (κ2) is 12.1. The van der Waals surface area contributed by atoms with Gasteiger partial charge in [-0.1, -0.05) is 24.3 Å². The lowest BCUT2D eigenvalue weighted by Gasteiger charge is -2.51. The van der Waals surface area contributed by atoms with E-state index in [2.05, 4.69) is 0 Å². The van der Waals surface area contributed by atoms with Crippen LogP contribution in [0.5, 0.6) is 23.0 Å². The number of benzene rings is 2. The first-order valence-electron chi connectivity index (χ1n) is 12.8. The molecule has 12 heteroatoms. The van der Waals surface area contributed by atoms with Crippen LogP contribution in [0.2, 0.25) is 0 Å². The summed E-state index contributed by atoms with van der Waals surface area (Å²) >= 11 is 0. The first-order valence-corrected chi connectivity index (χ1v) is 12.8. The molecule has 2 aliphatic rings. The van der Waals surface area contributed by atoms with Crippen LogP contribution in [0, 0.1) is 5.92 Å². The van der Waals surface area contributed by atoms with Crippen molar-refractivity contribution in [2.45, 2.75) is 49.3 Å². The Kier molecular flexibility index (Phi) is 8.78. The van der Waals surface area contributed by atoms with E-state index in [0.717, 1.165) is 6.08 Å². The molecular formula is C29H30O12. The smallest absolute Gasteiger partial charge is 0.336 e. The normalized spacial score (nSPS) is 28.0. The van der Waals surface area contributed by atoms with Gasteiger partial charge in [-0.05, 0) is 60.4 Å². The average molecular weight is 571 g/mol. The van der Waals surface area contributed by atoms with Crippen molar-refractivity contribution in [2.24, 2.45) is 5.92 Å². The predicted octanol–water partition coefficient (Wildman–Crippen LogP) is 1.50. The summed E-state index contributed by atoms with van der Waals surface area (Å²) in [5.74, 6) is -4.97. The Morgan fingerprint density at radius 2 is 1.46 bits per heavy atom. The van der Waals surface area contributed by atoms with E-state index in [1.54, 1.807) is 0 Å². The molecule has 6 atom stereocenters. The summed E-state index contributed by atoms with van der Waals surface area (Å²) in [6, 6.07) is 7.89. The number of phenols is 4. The van der Waals surface area contributed by atoms with Crippen molar-refractivity contribution in [3.8, 4) is 23.0 Å². The Balaban J connectivity index is 1.46.